The molecule has 0 spiro atoms. The van der Waals surface area contributed by atoms with Gasteiger partial charge in [-0.05, 0) is 44.4 Å². The summed E-state index contributed by atoms with van der Waals surface area (Å²) in [7, 11) is 0. The van der Waals surface area contributed by atoms with Crippen molar-refractivity contribution >= 4 is 6.03 Å². The summed E-state index contributed by atoms with van der Waals surface area (Å²) in [4.78, 5) is 16.1. The van der Waals surface area contributed by atoms with Crippen LogP contribution in [0.25, 0.3) is 5.69 Å². The van der Waals surface area contributed by atoms with Crippen LogP contribution in [-0.4, -0.2) is 33.3 Å². The summed E-state index contributed by atoms with van der Waals surface area (Å²) in [6, 6.07) is 7.70. The number of carbonyl (C=O) groups is 1. The van der Waals surface area contributed by atoms with Crippen molar-refractivity contribution in [1.82, 2.24) is 20.2 Å². The highest BCUT2D eigenvalue weighted by atomic mass is 16.3. The number of hydrogen-bond acceptors (Lipinski definition) is 3. The van der Waals surface area contributed by atoms with Crippen molar-refractivity contribution in [3.05, 3.63) is 48.0 Å². The Kier molecular flexibility index (Phi) is 6.37. The first-order valence-corrected chi connectivity index (χ1v) is 8.34. The predicted octanol–water partition coefficient (Wildman–Crippen LogP) is 2.70. The van der Waals surface area contributed by atoms with Gasteiger partial charge in [-0.25, -0.2) is 9.78 Å². The molecule has 6 heteroatoms. The second-order valence-electron chi connectivity index (χ2n) is 5.91. The number of nitrogens with zero attached hydrogens (tertiary/aromatic N) is 2. The highest BCUT2D eigenvalue weighted by Crippen LogP contribution is 2.16. The van der Waals surface area contributed by atoms with E-state index in [-0.39, 0.29) is 18.2 Å². The maximum Gasteiger partial charge on any atom is 0.315 e. The molecule has 0 aliphatic heterocycles. The molecular weight excluding hydrogens is 304 g/mol. The maximum atomic E-state index is 11.9. The molecule has 1 aromatic carbocycles. The minimum Gasteiger partial charge on any atom is -0.393 e. The van der Waals surface area contributed by atoms with Gasteiger partial charge in [-0.15, -0.1) is 0 Å². The molecule has 0 bridgehead atoms. The molecule has 0 saturated heterocycles. The van der Waals surface area contributed by atoms with Crippen molar-refractivity contribution in [2.75, 3.05) is 6.54 Å². The van der Waals surface area contributed by atoms with E-state index >= 15 is 0 Å². The topological polar surface area (TPSA) is 79.2 Å². The van der Waals surface area contributed by atoms with Gasteiger partial charge in [0.2, 0.25) is 0 Å². The zero-order valence-electron chi connectivity index (χ0n) is 14.5. The number of carbonyl (C=O) groups excluding carboxylic acids is 1. The second-order valence-corrected chi connectivity index (χ2v) is 5.91. The van der Waals surface area contributed by atoms with Gasteiger partial charge in [-0.2, -0.15) is 0 Å². The third-order valence-electron chi connectivity index (χ3n) is 4.08. The van der Waals surface area contributed by atoms with Gasteiger partial charge in [0.15, 0.2) is 0 Å². The van der Waals surface area contributed by atoms with Crippen LogP contribution in [0.5, 0.6) is 0 Å². The first kappa shape index (κ1) is 18.0. The van der Waals surface area contributed by atoms with Crippen LogP contribution in [0, 0.1) is 6.92 Å². The lowest BCUT2D eigenvalue weighted by Crippen LogP contribution is -2.38. The molecule has 2 unspecified atom stereocenters. The van der Waals surface area contributed by atoms with Crippen LogP contribution < -0.4 is 10.6 Å². The van der Waals surface area contributed by atoms with Crippen LogP contribution in [0.4, 0.5) is 4.79 Å². The van der Waals surface area contributed by atoms with Crippen LogP contribution in [0.15, 0.2) is 36.7 Å². The maximum absolute atomic E-state index is 11.9. The van der Waals surface area contributed by atoms with Gasteiger partial charge in [0.1, 0.15) is 5.82 Å². The summed E-state index contributed by atoms with van der Waals surface area (Å²) in [6.07, 6.45) is 4.60. The van der Waals surface area contributed by atoms with Gasteiger partial charge in [-0.1, -0.05) is 19.1 Å². The molecular formula is C18H26N4O2. The van der Waals surface area contributed by atoms with Crippen LogP contribution >= 0.6 is 0 Å². The Hall–Kier alpha value is -2.34. The average Bonchev–Trinajstić information content (AvgIpc) is 3.00. The number of imidazole rings is 1. The van der Waals surface area contributed by atoms with Gasteiger partial charge < -0.3 is 20.3 Å². The first-order valence-electron chi connectivity index (χ1n) is 8.34. The lowest BCUT2D eigenvalue weighted by Gasteiger charge is -2.16. The fraction of sp³-hybridized carbons (Fsp3) is 0.444. The number of aliphatic hydroxyl groups is 1. The first-order chi connectivity index (χ1) is 11.5. The summed E-state index contributed by atoms with van der Waals surface area (Å²) in [5.74, 6) is 0.933. The third kappa shape index (κ3) is 4.83. The number of benzene rings is 1. The molecule has 1 aromatic heterocycles. The zero-order chi connectivity index (χ0) is 17.5. The molecule has 2 aromatic rings. The minimum absolute atomic E-state index is 0.0981. The zero-order valence-corrected chi connectivity index (χ0v) is 14.5. The highest BCUT2D eigenvalue weighted by molar-refractivity contribution is 5.74. The van der Waals surface area contributed by atoms with E-state index in [0.717, 1.165) is 17.1 Å². The summed E-state index contributed by atoms with van der Waals surface area (Å²) in [5, 5.41) is 15.1. The molecule has 2 amide bonds. The Balaban J connectivity index is 1.87. The quantitative estimate of drug-likeness (QED) is 0.730. The van der Waals surface area contributed by atoms with Crippen LogP contribution in [-0.2, 0) is 0 Å². The molecule has 0 saturated carbocycles. The molecule has 1 heterocycles. The number of urea groups is 1. The monoisotopic (exact) mass is 330 g/mol. The van der Waals surface area contributed by atoms with Crippen molar-refractivity contribution in [3.63, 3.8) is 0 Å². The summed E-state index contributed by atoms with van der Waals surface area (Å²) < 4.78 is 2.01. The minimum atomic E-state index is -0.359. The smallest absolute Gasteiger partial charge is 0.315 e. The Morgan fingerprint density at radius 3 is 2.62 bits per heavy atom. The SMILES string of the molecule is CCC(O)CCNC(=O)NC(C)c1ccc(-n2ccnc2C)cc1. The van der Waals surface area contributed by atoms with E-state index in [1.807, 2.05) is 55.8 Å². The molecule has 2 rings (SSSR count). The van der Waals surface area contributed by atoms with Gasteiger partial charge in [0.25, 0.3) is 0 Å². The summed E-state index contributed by atoms with van der Waals surface area (Å²) in [6.45, 7) is 6.28. The predicted molar refractivity (Wildman–Crippen MR) is 94.2 cm³/mol. The summed E-state index contributed by atoms with van der Waals surface area (Å²) >= 11 is 0. The molecule has 2 atom stereocenters. The number of aryl methyl sites for hydroxylation is 1. The standard InChI is InChI=1S/C18H26N4O2/c1-4-17(23)9-10-20-18(24)21-13(2)15-5-7-16(8-6-15)22-12-11-19-14(22)3/h5-8,11-13,17,23H,4,9-10H2,1-3H3,(H2,20,21,24). The van der Waals surface area contributed by atoms with Crippen molar-refractivity contribution in [1.29, 1.82) is 0 Å². The van der Waals surface area contributed by atoms with Gasteiger partial charge in [-0.3, -0.25) is 0 Å². The van der Waals surface area contributed by atoms with Crippen LogP contribution in [0.1, 0.15) is 44.1 Å². The van der Waals surface area contributed by atoms with Crippen LogP contribution in [0.3, 0.4) is 0 Å². The number of aromatic nitrogens is 2. The number of hydrogen-bond donors (Lipinski definition) is 3. The van der Waals surface area contributed by atoms with Gasteiger partial charge >= 0.3 is 6.03 Å². The third-order valence-corrected chi connectivity index (χ3v) is 4.08. The number of rotatable bonds is 7. The lowest BCUT2D eigenvalue weighted by atomic mass is 10.1. The molecule has 3 N–H and O–H groups in total. The average molecular weight is 330 g/mol. The Bertz CT molecular complexity index is 651. The van der Waals surface area contributed by atoms with Gasteiger partial charge in [0.05, 0.1) is 12.1 Å². The molecule has 6 nitrogen and oxygen atoms in total. The normalized spacial score (nSPS) is 13.3. The number of aliphatic hydroxyl groups excluding tert-OH is 1. The molecule has 0 aliphatic rings. The number of nitrogens with one attached hydrogen (secondary N) is 2. The molecule has 0 radical (unpaired) electrons. The largest absolute Gasteiger partial charge is 0.393 e. The van der Waals surface area contributed by atoms with E-state index in [0.29, 0.717) is 19.4 Å². The Morgan fingerprint density at radius 2 is 2.04 bits per heavy atom. The van der Waals surface area contributed by atoms with E-state index in [9.17, 15) is 9.90 Å². The van der Waals surface area contributed by atoms with Crippen molar-refractivity contribution in [2.45, 2.75) is 45.8 Å². The van der Waals surface area contributed by atoms with Crippen LogP contribution in [0.2, 0.25) is 0 Å². The molecule has 130 valence electrons. The highest BCUT2D eigenvalue weighted by Gasteiger charge is 2.10. The fourth-order valence-corrected chi connectivity index (χ4v) is 2.46. The van der Waals surface area contributed by atoms with Gasteiger partial charge in [0, 0.05) is 24.6 Å². The van der Waals surface area contributed by atoms with E-state index in [4.69, 9.17) is 0 Å². The van der Waals surface area contributed by atoms with Crippen molar-refractivity contribution in [3.8, 4) is 5.69 Å². The van der Waals surface area contributed by atoms with E-state index in [1.165, 1.54) is 0 Å². The molecule has 0 aliphatic carbocycles. The van der Waals surface area contributed by atoms with Crippen molar-refractivity contribution < 1.29 is 9.90 Å². The molecule has 0 fully saturated rings. The lowest BCUT2D eigenvalue weighted by molar-refractivity contribution is 0.160. The fourth-order valence-electron chi connectivity index (χ4n) is 2.46. The van der Waals surface area contributed by atoms with E-state index in [1.54, 1.807) is 6.20 Å². The molecule has 24 heavy (non-hydrogen) atoms. The Labute approximate surface area is 142 Å². The summed E-state index contributed by atoms with van der Waals surface area (Å²) in [5.41, 5.74) is 2.07. The number of amides is 2. The van der Waals surface area contributed by atoms with E-state index in [2.05, 4.69) is 15.6 Å². The second kappa shape index (κ2) is 8.49. The Morgan fingerprint density at radius 1 is 1.33 bits per heavy atom. The van der Waals surface area contributed by atoms with Crippen molar-refractivity contribution in [2.24, 2.45) is 0 Å². The van der Waals surface area contributed by atoms with E-state index < -0.39 is 0 Å².